The molecule has 0 aromatic rings. The zero-order chi connectivity index (χ0) is 10.2. The van der Waals surface area contributed by atoms with Crippen LogP contribution in [0.25, 0.3) is 0 Å². The second kappa shape index (κ2) is 7.46. The molecule has 0 atom stereocenters. The van der Waals surface area contributed by atoms with Crippen LogP contribution < -0.4 is 5.73 Å². The minimum Gasteiger partial charge on any atom is -0.377 e. The molecule has 0 fully saturated rings. The van der Waals surface area contributed by atoms with Crippen molar-refractivity contribution in [3.05, 3.63) is 0 Å². The van der Waals surface area contributed by atoms with Crippen LogP contribution in [0.3, 0.4) is 0 Å². The van der Waals surface area contributed by atoms with Crippen molar-refractivity contribution in [2.24, 2.45) is 5.73 Å². The first-order valence-electron chi connectivity index (χ1n) is 4.77. The highest BCUT2D eigenvalue weighted by Gasteiger charge is 2.38. The van der Waals surface area contributed by atoms with Gasteiger partial charge in [0.05, 0.1) is 0 Å². The fourth-order valence-corrected chi connectivity index (χ4v) is 3.49. The maximum absolute atomic E-state index is 5.56. The topological polar surface area (TPSA) is 53.7 Å². The van der Waals surface area contributed by atoms with Crippen molar-refractivity contribution in [1.82, 2.24) is 0 Å². The number of nitrogens with two attached hydrogens (primary N) is 1. The number of rotatable bonds is 8. The molecule has 13 heavy (non-hydrogen) atoms. The molecule has 5 heteroatoms. The molecule has 0 spiro atoms. The third-order valence-electron chi connectivity index (χ3n) is 1.73. The summed E-state index contributed by atoms with van der Waals surface area (Å²) < 4.78 is 16.5. The Labute approximate surface area is 84.7 Å². The van der Waals surface area contributed by atoms with Gasteiger partial charge in [-0.15, -0.1) is 0 Å². The molecule has 0 saturated heterocycles. The van der Waals surface area contributed by atoms with Crippen LogP contribution in [0.2, 0.25) is 6.04 Å². The lowest BCUT2D eigenvalue weighted by molar-refractivity contribution is 0.0863. The van der Waals surface area contributed by atoms with E-state index in [0.717, 1.165) is 12.5 Å². The minimum absolute atomic E-state index is 0. The summed E-state index contributed by atoms with van der Waals surface area (Å²) in [6.45, 7) is 5.80. The molecule has 0 aliphatic heterocycles. The Kier molecular flexibility index (Phi) is 7.49. The molecule has 0 radical (unpaired) electrons. The van der Waals surface area contributed by atoms with Crippen LogP contribution >= 0.6 is 0 Å². The Balaban J connectivity index is -0.000000720. The third kappa shape index (κ3) is 4.73. The zero-order valence-corrected chi connectivity index (χ0v) is 9.84. The van der Waals surface area contributed by atoms with Gasteiger partial charge in [0.15, 0.2) is 0 Å². The lowest BCUT2D eigenvalue weighted by atomic mass is 10.5. The Morgan fingerprint density at radius 3 is 2.08 bits per heavy atom. The van der Waals surface area contributed by atoms with Gasteiger partial charge in [-0.3, -0.25) is 0 Å². The quantitative estimate of drug-likeness (QED) is 0.618. The maximum atomic E-state index is 5.56. The van der Waals surface area contributed by atoms with E-state index >= 15 is 0 Å². The first-order valence-corrected chi connectivity index (χ1v) is 6.71. The average Bonchev–Trinajstić information content (AvgIpc) is 2.15. The molecule has 0 heterocycles. The predicted octanol–water partition coefficient (Wildman–Crippen LogP) is 1.49. The highest BCUT2D eigenvalue weighted by atomic mass is 28.4. The molecule has 4 nitrogen and oxygen atoms in total. The second-order valence-electron chi connectivity index (χ2n) is 2.65. The average molecular weight is 211 g/mol. The zero-order valence-electron chi connectivity index (χ0n) is 8.84. The molecule has 0 aromatic carbocycles. The molecule has 0 amide bonds. The second-order valence-corrected chi connectivity index (χ2v) is 5.50. The van der Waals surface area contributed by atoms with E-state index < -0.39 is 8.80 Å². The summed E-state index contributed by atoms with van der Waals surface area (Å²) in [5.74, 6) is 0. The van der Waals surface area contributed by atoms with E-state index in [0.29, 0.717) is 19.8 Å². The Hall–Kier alpha value is 0.0569. The van der Waals surface area contributed by atoms with E-state index in [-0.39, 0.29) is 2.85 Å². The maximum Gasteiger partial charge on any atom is 0.500 e. The summed E-state index contributed by atoms with van der Waals surface area (Å²) in [6.07, 6.45) is 0.889. The van der Waals surface area contributed by atoms with Crippen LogP contribution in [0.4, 0.5) is 0 Å². The van der Waals surface area contributed by atoms with E-state index in [1.165, 1.54) is 0 Å². The van der Waals surface area contributed by atoms with Crippen LogP contribution in [0.5, 0.6) is 0 Å². The summed E-state index contributed by atoms with van der Waals surface area (Å²) in [5.41, 5.74) is 5.44. The lowest BCUT2D eigenvalue weighted by Gasteiger charge is -2.26. The molecule has 2 N–H and O–H groups in total. The van der Waals surface area contributed by atoms with Crippen LogP contribution in [0.1, 0.15) is 23.1 Å². The minimum atomic E-state index is -2.37. The molecular formula is C8H25NO3Si. The van der Waals surface area contributed by atoms with Crippen molar-refractivity contribution >= 4 is 8.80 Å². The van der Waals surface area contributed by atoms with Crippen molar-refractivity contribution in [3.63, 3.8) is 0 Å². The largest absolute Gasteiger partial charge is 0.500 e. The monoisotopic (exact) mass is 211 g/mol. The molecule has 0 rings (SSSR count). The van der Waals surface area contributed by atoms with Crippen molar-refractivity contribution in [1.29, 1.82) is 0 Å². The fourth-order valence-electron chi connectivity index (χ4n) is 1.16. The van der Waals surface area contributed by atoms with Crippen molar-refractivity contribution in [3.8, 4) is 0 Å². The van der Waals surface area contributed by atoms with E-state index in [1.54, 1.807) is 7.11 Å². The van der Waals surface area contributed by atoms with Crippen LogP contribution in [-0.2, 0) is 13.3 Å². The van der Waals surface area contributed by atoms with Crippen LogP contribution in [-0.4, -0.2) is 35.7 Å². The molecule has 0 saturated carbocycles. The normalized spacial score (nSPS) is 12.0. The molecule has 0 aliphatic carbocycles. The molecule has 0 aliphatic rings. The van der Waals surface area contributed by atoms with Gasteiger partial charge in [0, 0.05) is 29.2 Å². The molecule has 0 aromatic heterocycles. The summed E-state index contributed by atoms with van der Waals surface area (Å²) in [7, 11) is -0.724. The molecule has 84 valence electrons. The first kappa shape index (κ1) is 13.1. The predicted molar refractivity (Wildman–Crippen MR) is 58.7 cm³/mol. The van der Waals surface area contributed by atoms with E-state index in [4.69, 9.17) is 19.0 Å². The van der Waals surface area contributed by atoms with Crippen molar-refractivity contribution in [2.75, 3.05) is 26.9 Å². The SMILES string of the molecule is CCO[Si](CCCN)(OC)OCC.[HH].[HH]. The molecule has 0 bridgehead atoms. The highest BCUT2D eigenvalue weighted by Crippen LogP contribution is 2.16. The van der Waals surface area contributed by atoms with E-state index in [1.807, 2.05) is 13.8 Å². The van der Waals surface area contributed by atoms with Gasteiger partial charge < -0.3 is 19.0 Å². The van der Waals surface area contributed by atoms with Crippen LogP contribution in [0, 0.1) is 0 Å². The number of hydrogen-bond donors (Lipinski definition) is 1. The first-order chi connectivity index (χ1) is 6.24. The summed E-state index contributed by atoms with van der Waals surface area (Å²) >= 11 is 0. The van der Waals surface area contributed by atoms with Gasteiger partial charge in [-0.1, -0.05) is 0 Å². The van der Waals surface area contributed by atoms with Gasteiger partial charge in [0.25, 0.3) is 0 Å². The fraction of sp³-hybridized carbons (Fsp3) is 1.00. The van der Waals surface area contributed by atoms with Gasteiger partial charge in [0.2, 0.25) is 0 Å². The Morgan fingerprint density at radius 2 is 1.77 bits per heavy atom. The highest BCUT2D eigenvalue weighted by molar-refractivity contribution is 6.60. The van der Waals surface area contributed by atoms with E-state index in [2.05, 4.69) is 0 Å². The van der Waals surface area contributed by atoms with E-state index in [9.17, 15) is 0 Å². The molecule has 0 unspecified atom stereocenters. The van der Waals surface area contributed by atoms with Crippen molar-refractivity contribution < 1.29 is 16.1 Å². The summed E-state index contributed by atoms with van der Waals surface area (Å²) in [4.78, 5) is 0. The standard InChI is InChI=1S/C8H21NO3Si.2H2/c1-4-11-13(10-3,12-5-2)8-6-7-9;;/h4-9H2,1-3H3;2*1H. The molecular weight excluding hydrogens is 186 g/mol. The van der Waals surface area contributed by atoms with Crippen molar-refractivity contribution in [2.45, 2.75) is 26.3 Å². The smallest absolute Gasteiger partial charge is 0.377 e. The van der Waals surface area contributed by atoms with Gasteiger partial charge in [0.1, 0.15) is 0 Å². The van der Waals surface area contributed by atoms with Gasteiger partial charge in [-0.05, 0) is 26.8 Å². The summed E-state index contributed by atoms with van der Waals surface area (Å²) in [6, 6.07) is 0.807. The lowest BCUT2D eigenvalue weighted by Crippen LogP contribution is -2.45. The number of hydrogen-bond acceptors (Lipinski definition) is 4. The Bertz CT molecular complexity index is 126. The van der Waals surface area contributed by atoms with Gasteiger partial charge >= 0.3 is 8.80 Å². The van der Waals surface area contributed by atoms with Gasteiger partial charge in [-0.2, -0.15) is 0 Å². The summed E-state index contributed by atoms with van der Waals surface area (Å²) in [5, 5.41) is 0. The van der Waals surface area contributed by atoms with Gasteiger partial charge in [-0.25, -0.2) is 0 Å². The van der Waals surface area contributed by atoms with Crippen LogP contribution in [0.15, 0.2) is 0 Å². The third-order valence-corrected chi connectivity index (χ3v) is 4.77. The Morgan fingerprint density at radius 1 is 1.23 bits per heavy atom.